The summed E-state index contributed by atoms with van der Waals surface area (Å²) in [7, 11) is -3.90. The third-order valence-corrected chi connectivity index (χ3v) is 6.26. The van der Waals surface area contributed by atoms with E-state index in [2.05, 4.69) is 10.1 Å². The highest BCUT2D eigenvalue weighted by atomic mass is 32.2. The SMILES string of the molecule is Cc1noc([C@H]2C[C@H](O)CN2S(=O)(=O)c2ccc3c(c2)OCCCO3)n1. The molecule has 0 radical (unpaired) electrons. The second kappa shape index (κ2) is 6.53. The third kappa shape index (κ3) is 3.04. The van der Waals surface area contributed by atoms with Crippen LogP contribution in [0.4, 0.5) is 0 Å². The molecule has 4 rings (SSSR count). The zero-order valence-corrected chi connectivity index (χ0v) is 15.0. The maximum atomic E-state index is 13.2. The third-order valence-electron chi connectivity index (χ3n) is 4.39. The van der Waals surface area contributed by atoms with Crippen LogP contribution >= 0.6 is 0 Å². The van der Waals surface area contributed by atoms with Crippen molar-refractivity contribution in [1.29, 1.82) is 0 Å². The molecule has 26 heavy (non-hydrogen) atoms. The molecule has 1 saturated heterocycles. The van der Waals surface area contributed by atoms with E-state index >= 15 is 0 Å². The van der Waals surface area contributed by atoms with E-state index in [4.69, 9.17) is 14.0 Å². The molecule has 2 atom stereocenters. The summed E-state index contributed by atoms with van der Waals surface area (Å²) in [6, 6.07) is 3.82. The lowest BCUT2D eigenvalue weighted by molar-refractivity contribution is 0.188. The lowest BCUT2D eigenvalue weighted by Crippen LogP contribution is -2.32. The minimum Gasteiger partial charge on any atom is -0.490 e. The fourth-order valence-electron chi connectivity index (χ4n) is 3.16. The topological polar surface area (TPSA) is 115 Å². The maximum absolute atomic E-state index is 13.2. The number of aromatic nitrogens is 2. The van der Waals surface area contributed by atoms with E-state index in [1.807, 2.05) is 0 Å². The van der Waals surface area contributed by atoms with Gasteiger partial charge in [0.25, 0.3) is 0 Å². The molecular formula is C16H19N3O6S. The van der Waals surface area contributed by atoms with Crippen molar-refractivity contribution in [1.82, 2.24) is 14.4 Å². The molecule has 1 fully saturated rings. The average molecular weight is 381 g/mol. The first-order chi connectivity index (χ1) is 12.4. The summed E-state index contributed by atoms with van der Waals surface area (Å²) >= 11 is 0. The monoisotopic (exact) mass is 381 g/mol. The fraction of sp³-hybridized carbons (Fsp3) is 0.500. The zero-order chi connectivity index (χ0) is 18.3. The highest BCUT2D eigenvalue weighted by Crippen LogP contribution is 2.38. The minimum atomic E-state index is -3.90. The Kier molecular flexibility index (Phi) is 4.33. The molecule has 1 aromatic heterocycles. The van der Waals surface area contributed by atoms with Gasteiger partial charge in [-0.25, -0.2) is 8.42 Å². The number of aryl methyl sites for hydroxylation is 1. The van der Waals surface area contributed by atoms with Crippen LogP contribution in [0.1, 0.15) is 30.6 Å². The minimum absolute atomic E-state index is 0.0388. The second-order valence-corrected chi connectivity index (χ2v) is 8.21. The molecule has 9 nitrogen and oxygen atoms in total. The van der Waals surface area contributed by atoms with E-state index in [-0.39, 0.29) is 23.8 Å². The van der Waals surface area contributed by atoms with E-state index in [0.29, 0.717) is 30.5 Å². The number of hydrogen-bond acceptors (Lipinski definition) is 8. The Balaban J connectivity index is 1.70. The fourth-order valence-corrected chi connectivity index (χ4v) is 4.81. The van der Waals surface area contributed by atoms with Crippen LogP contribution in [0.5, 0.6) is 11.5 Å². The first kappa shape index (κ1) is 17.3. The van der Waals surface area contributed by atoms with Crippen LogP contribution in [-0.4, -0.2) is 53.8 Å². The summed E-state index contributed by atoms with van der Waals surface area (Å²) in [6.07, 6.45) is 0.126. The van der Waals surface area contributed by atoms with Crippen LogP contribution in [0.2, 0.25) is 0 Å². The van der Waals surface area contributed by atoms with Gasteiger partial charge in [0, 0.05) is 25.5 Å². The van der Waals surface area contributed by atoms with E-state index in [1.165, 1.54) is 16.4 Å². The van der Waals surface area contributed by atoms with Crippen molar-refractivity contribution >= 4 is 10.0 Å². The molecule has 0 aliphatic carbocycles. The Bertz CT molecular complexity index is 912. The predicted octanol–water partition coefficient (Wildman–Crippen LogP) is 1.04. The number of rotatable bonds is 3. The number of sulfonamides is 1. The van der Waals surface area contributed by atoms with Gasteiger partial charge in [-0.2, -0.15) is 9.29 Å². The quantitative estimate of drug-likeness (QED) is 0.838. The molecule has 3 heterocycles. The molecule has 2 aromatic rings. The molecule has 0 amide bonds. The summed E-state index contributed by atoms with van der Waals surface area (Å²) in [6.45, 7) is 2.60. The summed E-state index contributed by atoms with van der Waals surface area (Å²) < 4.78 is 43.8. The highest BCUT2D eigenvalue weighted by molar-refractivity contribution is 7.89. The number of aliphatic hydroxyl groups is 1. The van der Waals surface area contributed by atoms with Crippen molar-refractivity contribution < 1.29 is 27.5 Å². The Labute approximate surface area is 150 Å². The summed E-state index contributed by atoms with van der Waals surface area (Å²) in [5, 5.41) is 13.8. The Hall–Kier alpha value is -2.17. The van der Waals surface area contributed by atoms with Crippen LogP contribution in [0, 0.1) is 6.92 Å². The van der Waals surface area contributed by atoms with Gasteiger partial charge in [-0.15, -0.1) is 0 Å². The van der Waals surface area contributed by atoms with E-state index in [0.717, 1.165) is 6.42 Å². The van der Waals surface area contributed by atoms with Gasteiger partial charge >= 0.3 is 0 Å². The van der Waals surface area contributed by atoms with Crippen LogP contribution in [0.3, 0.4) is 0 Å². The number of β-amino-alcohol motifs (C(OH)–C–C–N with tert-alkyl or cyclic N) is 1. The number of hydrogen-bond donors (Lipinski definition) is 1. The number of aliphatic hydroxyl groups excluding tert-OH is 1. The summed E-state index contributed by atoms with van der Waals surface area (Å²) in [5.41, 5.74) is 0. The van der Waals surface area contributed by atoms with Gasteiger partial charge < -0.3 is 19.1 Å². The van der Waals surface area contributed by atoms with Gasteiger partial charge in [0.05, 0.1) is 24.2 Å². The summed E-state index contributed by atoms with van der Waals surface area (Å²) in [5.74, 6) is 1.51. The predicted molar refractivity (Wildman–Crippen MR) is 88.3 cm³/mol. The number of fused-ring (bicyclic) bond motifs is 1. The molecule has 10 heteroatoms. The lowest BCUT2D eigenvalue weighted by atomic mass is 10.2. The molecular weight excluding hydrogens is 362 g/mol. The van der Waals surface area contributed by atoms with Gasteiger partial charge in [-0.3, -0.25) is 0 Å². The van der Waals surface area contributed by atoms with E-state index in [1.54, 1.807) is 13.0 Å². The molecule has 140 valence electrons. The molecule has 2 aliphatic heterocycles. The summed E-state index contributed by atoms with van der Waals surface area (Å²) in [4.78, 5) is 4.19. The van der Waals surface area contributed by atoms with Crippen LogP contribution in [0.15, 0.2) is 27.6 Å². The lowest BCUT2D eigenvalue weighted by Gasteiger charge is -2.21. The van der Waals surface area contributed by atoms with Crippen molar-refractivity contribution in [2.75, 3.05) is 19.8 Å². The van der Waals surface area contributed by atoms with Gasteiger partial charge in [0.1, 0.15) is 6.04 Å². The van der Waals surface area contributed by atoms with Crippen LogP contribution in [-0.2, 0) is 10.0 Å². The number of benzene rings is 1. The maximum Gasteiger partial charge on any atom is 0.245 e. The standard InChI is InChI=1S/C16H19N3O6S/c1-10-17-16(25-18-10)13-7-11(20)9-19(13)26(21,22)12-3-4-14-15(8-12)24-6-2-5-23-14/h3-4,8,11,13,20H,2,5-7,9H2,1H3/t11-,13+/m0/s1. The van der Waals surface area contributed by atoms with E-state index in [9.17, 15) is 13.5 Å². The van der Waals surface area contributed by atoms with Crippen molar-refractivity contribution in [3.8, 4) is 11.5 Å². The molecule has 0 saturated carbocycles. The number of ether oxygens (including phenoxy) is 2. The van der Waals surface area contributed by atoms with Crippen molar-refractivity contribution in [2.45, 2.75) is 36.8 Å². The molecule has 0 spiro atoms. The highest BCUT2D eigenvalue weighted by Gasteiger charge is 2.43. The molecule has 0 unspecified atom stereocenters. The molecule has 2 aliphatic rings. The Morgan fingerprint density at radius 2 is 2.00 bits per heavy atom. The Morgan fingerprint density at radius 3 is 2.73 bits per heavy atom. The normalized spacial score (nSPS) is 23.8. The molecule has 1 N–H and O–H groups in total. The van der Waals surface area contributed by atoms with Crippen molar-refractivity contribution in [3.05, 3.63) is 29.9 Å². The smallest absolute Gasteiger partial charge is 0.245 e. The van der Waals surface area contributed by atoms with Gasteiger partial charge in [0.2, 0.25) is 15.9 Å². The molecule has 0 bridgehead atoms. The van der Waals surface area contributed by atoms with Crippen molar-refractivity contribution in [2.24, 2.45) is 0 Å². The number of nitrogens with zero attached hydrogens (tertiary/aromatic N) is 3. The Morgan fingerprint density at radius 1 is 1.23 bits per heavy atom. The zero-order valence-electron chi connectivity index (χ0n) is 14.2. The van der Waals surface area contributed by atoms with Crippen LogP contribution in [0.25, 0.3) is 0 Å². The van der Waals surface area contributed by atoms with Gasteiger partial charge in [-0.05, 0) is 19.1 Å². The average Bonchev–Trinajstić information content (AvgIpc) is 3.13. The van der Waals surface area contributed by atoms with Crippen molar-refractivity contribution in [3.63, 3.8) is 0 Å². The van der Waals surface area contributed by atoms with Gasteiger partial charge in [-0.1, -0.05) is 5.16 Å². The second-order valence-electron chi connectivity index (χ2n) is 6.32. The largest absolute Gasteiger partial charge is 0.490 e. The molecule has 1 aromatic carbocycles. The first-order valence-electron chi connectivity index (χ1n) is 8.35. The van der Waals surface area contributed by atoms with Gasteiger partial charge in [0.15, 0.2) is 17.3 Å². The van der Waals surface area contributed by atoms with Crippen LogP contribution < -0.4 is 9.47 Å². The van der Waals surface area contributed by atoms with E-state index < -0.39 is 22.2 Å². The first-order valence-corrected chi connectivity index (χ1v) is 9.79.